The molecule has 0 atom stereocenters. The van der Waals surface area contributed by atoms with E-state index < -0.39 is 11.8 Å². The maximum atomic E-state index is 13.5. The molecule has 5 rings (SSSR count). The van der Waals surface area contributed by atoms with Gasteiger partial charge in [0.15, 0.2) is 5.16 Å². The van der Waals surface area contributed by atoms with E-state index in [9.17, 15) is 18.8 Å². The number of anilines is 1. The van der Waals surface area contributed by atoms with E-state index >= 15 is 0 Å². The molecule has 0 fully saturated rings. The van der Waals surface area contributed by atoms with Crippen LogP contribution in [0.1, 0.15) is 39.8 Å². The predicted octanol–water partition coefficient (Wildman–Crippen LogP) is 4.48. The van der Waals surface area contributed by atoms with Crippen LogP contribution < -0.4 is 10.9 Å². The van der Waals surface area contributed by atoms with E-state index in [1.54, 1.807) is 6.92 Å². The van der Waals surface area contributed by atoms with Gasteiger partial charge in [0, 0.05) is 17.1 Å². The average molecular weight is 532 g/mol. The lowest BCUT2D eigenvalue weighted by Crippen LogP contribution is -2.24. The van der Waals surface area contributed by atoms with E-state index in [4.69, 9.17) is 4.74 Å². The molecular formula is C24H22FN3O4S3. The van der Waals surface area contributed by atoms with Gasteiger partial charge in [0.25, 0.3) is 5.56 Å². The second kappa shape index (κ2) is 10.2. The number of nitrogens with one attached hydrogen (secondary N) is 1. The molecule has 1 aromatic carbocycles. The van der Waals surface area contributed by atoms with Crippen molar-refractivity contribution in [2.24, 2.45) is 0 Å². The van der Waals surface area contributed by atoms with Gasteiger partial charge in [-0.2, -0.15) is 0 Å². The summed E-state index contributed by atoms with van der Waals surface area (Å²) in [6, 6.07) is 5.62. The fourth-order valence-electron chi connectivity index (χ4n) is 4.21. The number of ether oxygens (including phenoxy) is 1. The van der Waals surface area contributed by atoms with Gasteiger partial charge in [-0.1, -0.05) is 11.8 Å². The van der Waals surface area contributed by atoms with Crippen molar-refractivity contribution in [3.63, 3.8) is 0 Å². The number of nitrogens with zero attached hydrogens (tertiary/aromatic N) is 2. The molecule has 1 aliphatic carbocycles. The maximum Gasteiger partial charge on any atom is 0.341 e. The first-order valence-corrected chi connectivity index (χ1v) is 14.0. The van der Waals surface area contributed by atoms with Crippen LogP contribution in [0.4, 0.5) is 9.39 Å². The molecule has 2 aliphatic rings. The number of amides is 1. The molecule has 0 unspecified atom stereocenters. The molecule has 0 bridgehead atoms. The van der Waals surface area contributed by atoms with Gasteiger partial charge in [-0.25, -0.2) is 14.2 Å². The van der Waals surface area contributed by atoms with Gasteiger partial charge >= 0.3 is 5.97 Å². The number of esters is 1. The smallest absolute Gasteiger partial charge is 0.341 e. The number of halogens is 1. The standard InChI is InChI=1S/C24H22FN3O4S3/c1-2-32-23(31)19-15-4-3-5-17(15)35-21(19)27-18(29)12-34-24-26-16-10-11-33-20(16)22(30)28(24)14-8-6-13(25)7-9-14/h6-9H,2-5,10-12H2,1H3,(H,27,29). The third kappa shape index (κ3) is 4.76. The maximum absolute atomic E-state index is 13.5. The first-order valence-electron chi connectivity index (χ1n) is 11.2. The highest BCUT2D eigenvalue weighted by Crippen LogP contribution is 2.39. The summed E-state index contributed by atoms with van der Waals surface area (Å²) < 4.78 is 20.1. The van der Waals surface area contributed by atoms with E-state index in [1.165, 1.54) is 51.9 Å². The molecule has 0 saturated heterocycles. The number of fused-ring (bicyclic) bond motifs is 2. The van der Waals surface area contributed by atoms with Crippen molar-refractivity contribution >= 4 is 51.7 Å². The molecule has 1 aliphatic heterocycles. The number of carbonyl (C=O) groups excluding carboxylic acids is 2. The first kappa shape index (κ1) is 24.1. The summed E-state index contributed by atoms with van der Waals surface area (Å²) in [4.78, 5) is 45.1. The molecule has 3 heterocycles. The highest BCUT2D eigenvalue weighted by atomic mass is 32.2. The number of hydrogen-bond acceptors (Lipinski definition) is 8. The summed E-state index contributed by atoms with van der Waals surface area (Å²) in [7, 11) is 0. The fourth-order valence-corrected chi connectivity index (χ4v) is 7.36. The highest BCUT2D eigenvalue weighted by Gasteiger charge is 2.29. The Morgan fingerprint density at radius 3 is 2.80 bits per heavy atom. The molecule has 7 nitrogen and oxygen atoms in total. The number of hydrogen-bond donors (Lipinski definition) is 1. The van der Waals surface area contributed by atoms with Gasteiger partial charge in [-0.15, -0.1) is 23.1 Å². The van der Waals surface area contributed by atoms with E-state index in [2.05, 4.69) is 10.3 Å². The van der Waals surface area contributed by atoms with Gasteiger partial charge in [0.05, 0.1) is 34.2 Å². The number of thiophene rings is 1. The number of benzene rings is 1. The average Bonchev–Trinajstić information content (AvgIpc) is 3.55. The minimum Gasteiger partial charge on any atom is -0.462 e. The third-order valence-electron chi connectivity index (χ3n) is 5.74. The summed E-state index contributed by atoms with van der Waals surface area (Å²) in [6.07, 6.45) is 3.35. The number of aromatic nitrogens is 2. The van der Waals surface area contributed by atoms with Crippen molar-refractivity contribution in [1.29, 1.82) is 0 Å². The molecule has 35 heavy (non-hydrogen) atoms. The lowest BCUT2D eigenvalue weighted by atomic mass is 10.1. The van der Waals surface area contributed by atoms with Crippen molar-refractivity contribution in [1.82, 2.24) is 9.55 Å². The van der Waals surface area contributed by atoms with E-state index in [1.807, 2.05) is 0 Å². The van der Waals surface area contributed by atoms with E-state index in [0.717, 1.165) is 52.9 Å². The Kier molecular flexibility index (Phi) is 6.99. The molecule has 1 amide bonds. The summed E-state index contributed by atoms with van der Waals surface area (Å²) in [5, 5.41) is 3.75. The zero-order valence-corrected chi connectivity index (χ0v) is 21.3. The van der Waals surface area contributed by atoms with Crippen molar-refractivity contribution in [2.45, 2.75) is 42.7 Å². The van der Waals surface area contributed by atoms with Gasteiger partial charge in [0.2, 0.25) is 5.91 Å². The first-order chi connectivity index (χ1) is 17.0. The van der Waals surface area contributed by atoms with Crippen molar-refractivity contribution in [2.75, 3.05) is 23.4 Å². The van der Waals surface area contributed by atoms with Gasteiger partial charge in [-0.05, 0) is 56.0 Å². The van der Waals surface area contributed by atoms with Crippen LogP contribution in [0.2, 0.25) is 0 Å². The zero-order valence-electron chi connectivity index (χ0n) is 18.9. The molecule has 11 heteroatoms. The predicted molar refractivity (Wildman–Crippen MR) is 136 cm³/mol. The SMILES string of the molecule is CCOC(=O)c1c(NC(=O)CSc2nc3c(c(=O)n2-c2ccc(F)cc2)SCC3)sc2c1CCC2. The zero-order chi connectivity index (χ0) is 24.5. The van der Waals surface area contributed by atoms with Crippen LogP contribution in [-0.4, -0.2) is 39.5 Å². The van der Waals surface area contributed by atoms with Crippen molar-refractivity contribution < 1.29 is 18.7 Å². The lowest BCUT2D eigenvalue weighted by Gasteiger charge is -2.14. The molecular weight excluding hydrogens is 509 g/mol. The lowest BCUT2D eigenvalue weighted by molar-refractivity contribution is -0.113. The summed E-state index contributed by atoms with van der Waals surface area (Å²) in [6.45, 7) is 2.01. The monoisotopic (exact) mass is 531 g/mol. The normalized spacial score (nSPS) is 14.0. The minimum absolute atomic E-state index is 0.00953. The summed E-state index contributed by atoms with van der Waals surface area (Å²) in [5.41, 5.74) is 2.42. The van der Waals surface area contributed by atoms with E-state index in [-0.39, 0.29) is 23.8 Å². The Labute approximate surface area is 213 Å². The Hall–Kier alpha value is -2.63. The quantitative estimate of drug-likeness (QED) is 0.273. The highest BCUT2D eigenvalue weighted by molar-refractivity contribution is 8.00. The molecule has 1 N–H and O–H groups in total. The number of carbonyl (C=O) groups is 2. The minimum atomic E-state index is -0.419. The molecule has 3 aromatic rings. The second-order valence-corrected chi connectivity index (χ2v) is 11.2. The van der Waals surface area contributed by atoms with Crippen molar-refractivity contribution in [3.8, 4) is 5.69 Å². The second-order valence-electron chi connectivity index (χ2n) is 8.00. The summed E-state index contributed by atoms with van der Waals surface area (Å²) >= 11 is 4.02. The Balaban J connectivity index is 1.39. The van der Waals surface area contributed by atoms with Crippen LogP contribution in [0, 0.1) is 5.82 Å². The topological polar surface area (TPSA) is 90.3 Å². The van der Waals surface area contributed by atoms with E-state index in [0.29, 0.717) is 32.7 Å². The molecule has 182 valence electrons. The number of rotatable bonds is 7. The number of thioether (sulfide) groups is 2. The molecule has 2 aromatic heterocycles. The Morgan fingerprint density at radius 1 is 1.23 bits per heavy atom. The molecule has 0 saturated carbocycles. The molecule has 0 spiro atoms. The fraction of sp³-hybridized carbons (Fsp3) is 0.333. The van der Waals surface area contributed by atoms with Gasteiger partial charge in [0.1, 0.15) is 10.8 Å². The van der Waals surface area contributed by atoms with Gasteiger partial charge in [-0.3, -0.25) is 14.2 Å². The van der Waals surface area contributed by atoms with Crippen molar-refractivity contribution in [3.05, 3.63) is 62.1 Å². The Morgan fingerprint density at radius 2 is 2.03 bits per heavy atom. The van der Waals surface area contributed by atoms with Crippen LogP contribution in [0.3, 0.4) is 0 Å². The largest absolute Gasteiger partial charge is 0.462 e. The third-order valence-corrected chi connectivity index (χ3v) is 8.99. The molecule has 0 radical (unpaired) electrons. The van der Waals surface area contributed by atoms with Crippen LogP contribution in [-0.2, 0) is 28.8 Å². The summed E-state index contributed by atoms with van der Waals surface area (Å²) in [5.74, 6) is -0.369. The van der Waals surface area contributed by atoms with Crippen LogP contribution >= 0.6 is 34.9 Å². The van der Waals surface area contributed by atoms with Crippen LogP contribution in [0.15, 0.2) is 39.1 Å². The Bertz CT molecular complexity index is 1370. The number of aryl methyl sites for hydroxylation is 2. The van der Waals surface area contributed by atoms with Gasteiger partial charge < -0.3 is 10.1 Å². The van der Waals surface area contributed by atoms with Crippen LogP contribution in [0.25, 0.3) is 5.69 Å². The van der Waals surface area contributed by atoms with Crippen LogP contribution in [0.5, 0.6) is 0 Å².